The normalized spacial score (nSPS) is 16.2. The Balaban J connectivity index is 1.96. The number of anilines is 1. The van der Waals surface area contributed by atoms with E-state index in [1.165, 1.54) is 10.7 Å². The molecule has 1 aliphatic rings. The summed E-state index contributed by atoms with van der Waals surface area (Å²) >= 11 is 1.60. The number of carbonyl (C=O) groups excluding carboxylic acids is 1. The van der Waals surface area contributed by atoms with Crippen LogP contribution in [0.25, 0.3) is 0 Å². The molecule has 0 heterocycles. The quantitative estimate of drug-likeness (QED) is 0.719. The molecular formula is C19H30N2O3S2. The molecule has 0 unspecified atom stereocenters. The number of benzene rings is 1. The number of sulfonamides is 1. The minimum atomic E-state index is -3.49. The summed E-state index contributed by atoms with van der Waals surface area (Å²) in [6.45, 7) is 4.24. The highest BCUT2D eigenvalue weighted by molar-refractivity contribution is 7.99. The van der Waals surface area contributed by atoms with Crippen molar-refractivity contribution in [1.29, 1.82) is 0 Å². The fraction of sp³-hybridized carbons (Fsp3) is 0.632. The lowest BCUT2D eigenvalue weighted by Crippen LogP contribution is -2.38. The fourth-order valence-electron chi connectivity index (χ4n) is 3.10. The Morgan fingerprint density at radius 1 is 1.19 bits per heavy atom. The summed E-state index contributed by atoms with van der Waals surface area (Å²) in [7, 11) is -1.82. The number of amides is 1. The lowest BCUT2D eigenvalue weighted by Gasteiger charge is -2.30. The van der Waals surface area contributed by atoms with Crippen molar-refractivity contribution in [3.8, 4) is 0 Å². The van der Waals surface area contributed by atoms with Gasteiger partial charge in [0.1, 0.15) is 0 Å². The van der Waals surface area contributed by atoms with E-state index in [1.54, 1.807) is 43.1 Å². The van der Waals surface area contributed by atoms with Crippen molar-refractivity contribution in [2.24, 2.45) is 5.92 Å². The predicted molar refractivity (Wildman–Crippen MR) is 109 cm³/mol. The van der Waals surface area contributed by atoms with Crippen molar-refractivity contribution in [3.63, 3.8) is 0 Å². The van der Waals surface area contributed by atoms with E-state index < -0.39 is 10.0 Å². The summed E-state index contributed by atoms with van der Waals surface area (Å²) in [6, 6.07) is 6.56. The van der Waals surface area contributed by atoms with Crippen molar-refractivity contribution in [3.05, 3.63) is 24.3 Å². The number of carbonyl (C=O) groups is 1. The molecule has 1 aliphatic carbocycles. The van der Waals surface area contributed by atoms with Crippen LogP contribution in [0.2, 0.25) is 0 Å². The molecule has 0 aromatic heterocycles. The van der Waals surface area contributed by atoms with Gasteiger partial charge in [0.25, 0.3) is 0 Å². The van der Waals surface area contributed by atoms with Crippen molar-refractivity contribution < 1.29 is 13.2 Å². The minimum Gasteiger partial charge on any atom is -0.325 e. The first-order valence-corrected chi connectivity index (χ1v) is 11.9. The largest absolute Gasteiger partial charge is 0.325 e. The molecular weight excluding hydrogens is 368 g/mol. The summed E-state index contributed by atoms with van der Waals surface area (Å²) in [5, 5.41) is 2.82. The minimum absolute atomic E-state index is 0.0643. The number of nitrogens with zero attached hydrogens (tertiary/aromatic N) is 1. The van der Waals surface area contributed by atoms with Crippen LogP contribution in [0.3, 0.4) is 0 Å². The molecule has 26 heavy (non-hydrogen) atoms. The molecule has 1 N–H and O–H groups in total. The molecule has 7 heteroatoms. The summed E-state index contributed by atoms with van der Waals surface area (Å²) in [5.74, 6) is 1.84. The van der Waals surface area contributed by atoms with Crippen LogP contribution in [0.1, 0.15) is 46.0 Å². The first-order chi connectivity index (χ1) is 12.3. The topological polar surface area (TPSA) is 66.5 Å². The van der Waals surface area contributed by atoms with Crippen molar-refractivity contribution >= 4 is 33.4 Å². The first-order valence-electron chi connectivity index (χ1n) is 9.26. The average Bonchev–Trinajstić information content (AvgIpc) is 2.62. The zero-order valence-electron chi connectivity index (χ0n) is 15.9. The molecule has 0 bridgehead atoms. The molecule has 1 amide bonds. The molecule has 1 saturated carbocycles. The van der Waals surface area contributed by atoms with Crippen molar-refractivity contribution in [2.45, 2.75) is 56.9 Å². The second kappa shape index (κ2) is 9.76. The van der Waals surface area contributed by atoms with Crippen LogP contribution in [0.15, 0.2) is 29.2 Å². The number of rotatable bonds is 8. The van der Waals surface area contributed by atoms with Crippen LogP contribution in [-0.4, -0.2) is 43.2 Å². The lowest BCUT2D eigenvalue weighted by molar-refractivity contribution is -0.113. The van der Waals surface area contributed by atoms with E-state index in [0.29, 0.717) is 17.4 Å². The van der Waals surface area contributed by atoms with E-state index >= 15 is 0 Å². The molecule has 1 fully saturated rings. The van der Waals surface area contributed by atoms with Gasteiger partial charge in [0.15, 0.2) is 0 Å². The Kier molecular flexibility index (Phi) is 7.98. The van der Waals surface area contributed by atoms with Gasteiger partial charge in [-0.15, -0.1) is 0 Å². The van der Waals surface area contributed by atoms with Crippen LogP contribution in [0, 0.1) is 5.92 Å². The van der Waals surface area contributed by atoms with Gasteiger partial charge in [0.2, 0.25) is 15.9 Å². The van der Waals surface area contributed by atoms with Gasteiger partial charge in [0.05, 0.1) is 10.6 Å². The maximum absolute atomic E-state index is 12.8. The maximum atomic E-state index is 12.8. The van der Waals surface area contributed by atoms with Gasteiger partial charge in [0, 0.05) is 18.8 Å². The van der Waals surface area contributed by atoms with Gasteiger partial charge in [-0.05, 0) is 48.8 Å². The summed E-state index contributed by atoms with van der Waals surface area (Å²) in [5.41, 5.74) is 0.624. The van der Waals surface area contributed by atoms with E-state index in [9.17, 15) is 13.2 Å². The van der Waals surface area contributed by atoms with Crippen LogP contribution in [-0.2, 0) is 14.8 Å². The van der Waals surface area contributed by atoms with Crippen LogP contribution in [0.4, 0.5) is 5.69 Å². The Morgan fingerprint density at radius 2 is 1.81 bits per heavy atom. The van der Waals surface area contributed by atoms with E-state index in [0.717, 1.165) is 31.4 Å². The molecule has 0 spiro atoms. The van der Waals surface area contributed by atoms with Crippen LogP contribution in [0.5, 0.6) is 0 Å². The Bertz CT molecular complexity index is 681. The van der Waals surface area contributed by atoms with Gasteiger partial charge in [-0.25, -0.2) is 8.42 Å². The van der Waals surface area contributed by atoms with Gasteiger partial charge in [-0.2, -0.15) is 16.1 Å². The second-order valence-corrected chi connectivity index (χ2v) is 10.3. The van der Waals surface area contributed by atoms with E-state index in [-0.39, 0.29) is 16.8 Å². The molecule has 1 aromatic rings. The summed E-state index contributed by atoms with van der Waals surface area (Å²) in [4.78, 5) is 12.2. The SMILES string of the molecule is CC(C)CSCC(=O)Nc1ccc(S(=O)(=O)N(C)C2CCCCC2)cc1. The molecule has 0 aliphatic heterocycles. The van der Waals surface area contributed by atoms with E-state index in [4.69, 9.17) is 0 Å². The number of thioether (sulfide) groups is 1. The zero-order valence-corrected chi connectivity index (χ0v) is 17.5. The molecule has 2 rings (SSSR count). The Labute approximate surface area is 162 Å². The van der Waals surface area contributed by atoms with Crippen molar-refractivity contribution in [1.82, 2.24) is 4.31 Å². The third-order valence-electron chi connectivity index (χ3n) is 4.59. The number of hydrogen-bond acceptors (Lipinski definition) is 4. The third-order valence-corrected chi connectivity index (χ3v) is 7.88. The van der Waals surface area contributed by atoms with E-state index in [1.807, 2.05) is 0 Å². The van der Waals surface area contributed by atoms with Gasteiger partial charge < -0.3 is 5.32 Å². The molecule has 5 nitrogen and oxygen atoms in total. The molecule has 0 atom stereocenters. The Hall–Kier alpha value is -1.05. The third kappa shape index (κ3) is 5.99. The monoisotopic (exact) mass is 398 g/mol. The Morgan fingerprint density at radius 3 is 2.38 bits per heavy atom. The highest BCUT2D eigenvalue weighted by atomic mass is 32.2. The standard InChI is InChI=1S/C19H30N2O3S2/c1-15(2)13-25-14-19(22)20-16-9-11-18(12-10-16)26(23,24)21(3)17-7-5-4-6-8-17/h9-12,15,17H,4-8,13-14H2,1-3H3,(H,20,22). The molecule has 1 aromatic carbocycles. The highest BCUT2D eigenvalue weighted by Gasteiger charge is 2.28. The van der Waals surface area contributed by atoms with E-state index in [2.05, 4.69) is 19.2 Å². The van der Waals surface area contributed by atoms with Crippen molar-refractivity contribution in [2.75, 3.05) is 23.9 Å². The summed E-state index contributed by atoms with van der Waals surface area (Å²) < 4.78 is 27.1. The molecule has 0 radical (unpaired) electrons. The smallest absolute Gasteiger partial charge is 0.243 e. The highest BCUT2D eigenvalue weighted by Crippen LogP contribution is 2.27. The predicted octanol–water partition coefficient (Wildman–Crippen LogP) is 3.97. The maximum Gasteiger partial charge on any atom is 0.243 e. The van der Waals surface area contributed by atoms with Crippen LogP contribution < -0.4 is 5.32 Å². The number of nitrogens with one attached hydrogen (secondary N) is 1. The van der Waals surface area contributed by atoms with Crippen LogP contribution >= 0.6 is 11.8 Å². The number of hydrogen-bond donors (Lipinski definition) is 1. The summed E-state index contributed by atoms with van der Waals surface area (Å²) in [6.07, 6.45) is 5.22. The zero-order chi connectivity index (χ0) is 19.2. The van der Waals surface area contributed by atoms with Gasteiger partial charge >= 0.3 is 0 Å². The van der Waals surface area contributed by atoms with Gasteiger partial charge in [-0.1, -0.05) is 33.1 Å². The first kappa shape index (κ1) is 21.3. The average molecular weight is 399 g/mol. The molecule has 0 saturated heterocycles. The fourth-order valence-corrected chi connectivity index (χ4v) is 5.36. The van der Waals surface area contributed by atoms with Gasteiger partial charge in [-0.3, -0.25) is 4.79 Å². The second-order valence-electron chi connectivity index (χ2n) is 7.29. The lowest BCUT2D eigenvalue weighted by atomic mass is 9.96. The molecule has 146 valence electrons.